The highest BCUT2D eigenvalue weighted by atomic mass is 14.9. The zero-order valence-corrected chi connectivity index (χ0v) is 14.8. The molecule has 0 aromatic rings. The van der Waals surface area contributed by atoms with Crippen LogP contribution in [0.4, 0.5) is 0 Å². The van der Waals surface area contributed by atoms with E-state index < -0.39 is 0 Å². The van der Waals surface area contributed by atoms with Gasteiger partial charge in [-0.25, -0.2) is 0 Å². The minimum Gasteiger partial charge on any atom is -0.360 e. The van der Waals surface area contributed by atoms with Crippen LogP contribution < -0.4 is 5.32 Å². The Morgan fingerprint density at radius 3 is 2.32 bits per heavy atom. The molecular formula is C20H30N2. The average Bonchev–Trinajstić information content (AvgIpc) is 2.42. The number of nitrogens with one attached hydrogen (secondary N) is 1. The van der Waals surface area contributed by atoms with Crippen molar-refractivity contribution in [3.05, 3.63) is 59.5 Å². The van der Waals surface area contributed by atoms with Gasteiger partial charge in [0.1, 0.15) is 0 Å². The van der Waals surface area contributed by atoms with Crippen LogP contribution in [0.5, 0.6) is 0 Å². The predicted octanol–water partition coefficient (Wildman–Crippen LogP) is 5.33. The minimum absolute atomic E-state index is 0.259. The topological polar surface area (TPSA) is 24.4 Å². The van der Waals surface area contributed by atoms with E-state index in [1.165, 1.54) is 5.57 Å². The Balaban J connectivity index is 2.96. The van der Waals surface area contributed by atoms with Crippen molar-refractivity contribution in [2.45, 2.75) is 47.0 Å². The molecule has 0 atom stereocenters. The first kappa shape index (κ1) is 18.2. The Bertz CT molecular complexity index is 532. The average molecular weight is 298 g/mol. The third-order valence-electron chi connectivity index (χ3n) is 3.92. The zero-order valence-electron chi connectivity index (χ0n) is 14.8. The molecule has 120 valence electrons. The Morgan fingerprint density at radius 1 is 1.27 bits per heavy atom. The summed E-state index contributed by atoms with van der Waals surface area (Å²) in [6, 6.07) is 0. The van der Waals surface area contributed by atoms with Crippen molar-refractivity contribution in [2.24, 2.45) is 10.4 Å². The lowest BCUT2D eigenvalue weighted by Gasteiger charge is -2.34. The molecule has 1 fully saturated rings. The maximum atomic E-state index is 4.23. The van der Waals surface area contributed by atoms with Crippen molar-refractivity contribution < 1.29 is 0 Å². The lowest BCUT2D eigenvalue weighted by Crippen LogP contribution is -2.21. The van der Waals surface area contributed by atoms with Gasteiger partial charge < -0.3 is 5.32 Å². The molecule has 1 aliphatic rings. The van der Waals surface area contributed by atoms with Crippen molar-refractivity contribution in [3.63, 3.8) is 0 Å². The lowest BCUT2D eigenvalue weighted by atomic mass is 9.71. The molecule has 2 heteroatoms. The molecule has 0 aromatic carbocycles. The molecule has 1 saturated carbocycles. The van der Waals surface area contributed by atoms with Gasteiger partial charge >= 0.3 is 0 Å². The van der Waals surface area contributed by atoms with Crippen LogP contribution in [0.2, 0.25) is 0 Å². The quantitative estimate of drug-likeness (QED) is 0.538. The van der Waals surface area contributed by atoms with E-state index in [-0.39, 0.29) is 5.41 Å². The fourth-order valence-corrected chi connectivity index (χ4v) is 2.86. The van der Waals surface area contributed by atoms with Gasteiger partial charge in [-0.2, -0.15) is 0 Å². The Morgan fingerprint density at radius 2 is 1.86 bits per heavy atom. The molecule has 0 unspecified atom stereocenters. The van der Waals surface area contributed by atoms with Crippen LogP contribution in [-0.2, 0) is 0 Å². The molecule has 0 spiro atoms. The van der Waals surface area contributed by atoms with E-state index in [9.17, 15) is 0 Å². The molecule has 22 heavy (non-hydrogen) atoms. The van der Waals surface area contributed by atoms with Crippen LogP contribution in [-0.4, -0.2) is 13.3 Å². The molecule has 1 N–H and O–H groups in total. The molecule has 0 heterocycles. The maximum Gasteiger partial charge on any atom is 0.0563 e. The van der Waals surface area contributed by atoms with Gasteiger partial charge in [-0.3, -0.25) is 4.99 Å². The normalized spacial score (nSPS) is 19.8. The fraction of sp³-hybridized carbons (Fsp3) is 0.450. The Kier molecular flexibility index (Phi) is 6.61. The largest absolute Gasteiger partial charge is 0.360 e. The van der Waals surface area contributed by atoms with Gasteiger partial charge in [0.25, 0.3) is 0 Å². The summed E-state index contributed by atoms with van der Waals surface area (Å²) in [5.74, 6) is 0. The molecular weight excluding hydrogens is 268 g/mol. The Hall–Kier alpha value is -1.83. The predicted molar refractivity (Wildman–Crippen MR) is 99.1 cm³/mol. The van der Waals surface area contributed by atoms with Crippen LogP contribution >= 0.6 is 0 Å². The highest BCUT2D eigenvalue weighted by Gasteiger charge is 2.28. The van der Waals surface area contributed by atoms with Gasteiger partial charge in [-0.05, 0) is 54.4 Å². The molecule has 1 rings (SSSR count). The molecule has 0 aromatic heterocycles. The van der Waals surface area contributed by atoms with Gasteiger partial charge in [0.05, 0.1) is 5.70 Å². The first-order valence-electron chi connectivity index (χ1n) is 7.95. The monoisotopic (exact) mass is 298 g/mol. The van der Waals surface area contributed by atoms with E-state index in [0.29, 0.717) is 0 Å². The van der Waals surface area contributed by atoms with E-state index in [2.05, 4.69) is 63.3 Å². The number of hydrogen-bond acceptors (Lipinski definition) is 2. The molecule has 0 radical (unpaired) electrons. The summed E-state index contributed by atoms with van der Waals surface area (Å²) in [4.78, 5) is 4.13. The molecule has 0 bridgehead atoms. The first-order chi connectivity index (χ1) is 10.3. The summed E-state index contributed by atoms with van der Waals surface area (Å²) in [5.41, 5.74) is 5.98. The van der Waals surface area contributed by atoms with Crippen molar-refractivity contribution >= 4 is 6.21 Å². The number of allylic oxidation sites excluding steroid dienone is 7. The Labute approximate surface area is 136 Å². The highest BCUT2D eigenvalue weighted by Crippen LogP contribution is 2.42. The van der Waals surface area contributed by atoms with Gasteiger partial charge in [0.2, 0.25) is 0 Å². The molecule has 1 aliphatic carbocycles. The zero-order chi connectivity index (χ0) is 16.8. The number of aliphatic imine (C=N–C) groups is 1. The number of nitrogens with zero attached hydrogens (tertiary/aromatic N) is 1. The summed E-state index contributed by atoms with van der Waals surface area (Å²) in [6.45, 7) is 17.2. The van der Waals surface area contributed by atoms with Crippen molar-refractivity contribution in [2.75, 3.05) is 7.05 Å². The minimum atomic E-state index is 0.259. The number of rotatable bonds is 5. The van der Waals surface area contributed by atoms with E-state index in [4.69, 9.17) is 0 Å². The smallest absolute Gasteiger partial charge is 0.0563 e. The van der Waals surface area contributed by atoms with Crippen molar-refractivity contribution in [1.29, 1.82) is 0 Å². The molecule has 0 saturated heterocycles. The van der Waals surface area contributed by atoms with Gasteiger partial charge in [0, 0.05) is 19.5 Å². The third kappa shape index (κ3) is 5.18. The molecule has 0 aliphatic heterocycles. The van der Waals surface area contributed by atoms with Crippen molar-refractivity contribution in [3.8, 4) is 0 Å². The summed E-state index contributed by atoms with van der Waals surface area (Å²) >= 11 is 0. The molecule has 2 nitrogen and oxygen atoms in total. The summed E-state index contributed by atoms with van der Waals surface area (Å²) < 4.78 is 0. The van der Waals surface area contributed by atoms with Gasteiger partial charge in [0.15, 0.2) is 0 Å². The van der Waals surface area contributed by atoms with E-state index in [1.54, 1.807) is 7.05 Å². The summed E-state index contributed by atoms with van der Waals surface area (Å²) in [7, 11) is 1.78. The van der Waals surface area contributed by atoms with Crippen LogP contribution in [0.1, 0.15) is 47.0 Å². The first-order valence-corrected chi connectivity index (χ1v) is 7.95. The van der Waals surface area contributed by atoms with E-state index in [0.717, 1.165) is 41.7 Å². The van der Waals surface area contributed by atoms with Gasteiger partial charge in [-0.15, -0.1) is 0 Å². The van der Waals surface area contributed by atoms with Crippen LogP contribution in [0.3, 0.4) is 0 Å². The molecule has 0 amide bonds. The van der Waals surface area contributed by atoms with Crippen LogP contribution in [0.15, 0.2) is 64.5 Å². The second kappa shape index (κ2) is 7.98. The van der Waals surface area contributed by atoms with Crippen molar-refractivity contribution in [1.82, 2.24) is 5.32 Å². The second-order valence-corrected chi connectivity index (χ2v) is 6.63. The second-order valence-electron chi connectivity index (χ2n) is 6.63. The van der Waals surface area contributed by atoms with Gasteiger partial charge in [-0.1, -0.05) is 45.6 Å². The standard InChI is InChI=1S/C20H30N2/c1-8-17(9-2)10-18(13-21-7)22-14-19-15(3)11-20(5,6)12-16(19)4/h8,10,13-14,22H,3-4,9,11-12H2,1-2,5-7H3/b17-8+,18-10+,21-13-. The van der Waals surface area contributed by atoms with Crippen LogP contribution in [0, 0.1) is 5.41 Å². The van der Waals surface area contributed by atoms with Crippen LogP contribution in [0.25, 0.3) is 0 Å². The fourth-order valence-electron chi connectivity index (χ4n) is 2.86. The third-order valence-corrected chi connectivity index (χ3v) is 3.92. The summed E-state index contributed by atoms with van der Waals surface area (Å²) in [6.07, 6.45) is 11.1. The summed E-state index contributed by atoms with van der Waals surface area (Å²) in [5, 5.41) is 3.36. The maximum absolute atomic E-state index is 4.23. The highest BCUT2D eigenvalue weighted by molar-refractivity contribution is 5.78. The van der Waals surface area contributed by atoms with E-state index >= 15 is 0 Å². The number of hydrogen-bond donors (Lipinski definition) is 1. The SMILES string of the molecule is C=C1CC(C)(C)CC(=C)C1=CNC(/C=N\C)=C/C(=C/C)CC. The van der Waals surface area contributed by atoms with E-state index in [1.807, 2.05) is 12.4 Å². The lowest BCUT2D eigenvalue weighted by molar-refractivity contribution is 0.349.